The number of nitrogens with one attached hydrogen (secondary N) is 2. The number of fused-ring (bicyclic) bond motifs is 3. The Balaban J connectivity index is 0.937. The first kappa shape index (κ1) is 38.1. The summed E-state index contributed by atoms with van der Waals surface area (Å²) in [7, 11) is 3.00. The summed E-state index contributed by atoms with van der Waals surface area (Å²) in [5.41, 5.74) is 2.87. The first-order valence-electron chi connectivity index (χ1n) is 20.0. The Kier molecular flexibility index (Phi) is 10.7. The minimum absolute atomic E-state index is 0.0501. The third-order valence-electron chi connectivity index (χ3n) is 11.9. The van der Waals surface area contributed by atoms with E-state index in [0.29, 0.717) is 72.8 Å². The largest absolute Gasteiger partial charge is 0.496 e. The molecule has 2 N–H and O–H groups in total. The summed E-state index contributed by atoms with van der Waals surface area (Å²) in [5, 5.41) is 15.4. The van der Waals surface area contributed by atoms with Gasteiger partial charge in [-0.2, -0.15) is 4.98 Å². The van der Waals surface area contributed by atoms with Crippen LogP contribution in [0.2, 0.25) is 0 Å². The van der Waals surface area contributed by atoms with Crippen molar-refractivity contribution < 1.29 is 23.5 Å². The van der Waals surface area contributed by atoms with E-state index in [9.17, 15) is 14.4 Å². The first-order valence-corrected chi connectivity index (χ1v) is 20.0. The fourth-order valence-corrected chi connectivity index (χ4v) is 8.74. The van der Waals surface area contributed by atoms with Crippen molar-refractivity contribution in [3.63, 3.8) is 0 Å². The summed E-state index contributed by atoms with van der Waals surface area (Å²) in [5.74, 6) is 2.88. The number of nitrogens with zero attached hydrogens (tertiary/aromatic N) is 9. The normalized spacial score (nSPS) is 20.0. The molecule has 2 aromatic heterocycles. The Morgan fingerprint density at radius 3 is 2.47 bits per heavy atom. The highest BCUT2D eigenvalue weighted by molar-refractivity contribution is 6.01. The number of carbonyl (C=O) groups excluding carboxylic acids is 3. The molecule has 0 bridgehead atoms. The lowest BCUT2D eigenvalue weighted by Gasteiger charge is -2.39. The molecule has 1 unspecified atom stereocenters. The Labute approximate surface area is 331 Å². The quantitative estimate of drug-likeness (QED) is 0.192. The molecule has 5 heterocycles. The second-order valence-corrected chi connectivity index (χ2v) is 15.4. The van der Waals surface area contributed by atoms with Crippen LogP contribution >= 0.6 is 0 Å². The average Bonchev–Trinajstić information content (AvgIpc) is 3.62. The highest BCUT2D eigenvalue weighted by Gasteiger charge is 2.37. The lowest BCUT2D eigenvalue weighted by molar-refractivity contribution is -0.146. The SMILES string of the molecule is CC[C@H]1c2nnc(C)n2-c2cnc(Nc3ccc(C(=O)N4CCN(c5ccc(NC6CCC(=O)N(C)C6=O)cc5F)CC4)c(OC)c3)nc2N1CC1CCCCC1. The summed E-state index contributed by atoms with van der Waals surface area (Å²) in [4.78, 5) is 55.1. The average molecular weight is 780 g/mol. The van der Waals surface area contributed by atoms with Gasteiger partial charge < -0.3 is 30.1 Å². The maximum atomic E-state index is 15.4. The molecule has 16 heteroatoms. The van der Waals surface area contributed by atoms with Gasteiger partial charge in [-0.25, -0.2) is 9.37 Å². The number of likely N-dealkylation sites (tertiary alicyclic amines) is 1. The van der Waals surface area contributed by atoms with Gasteiger partial charge in [0.1, 0.15) is 29.1 Å². The molecule has 8 rings (SSSR count). The molecule has 57 heavy (non-hydrogen) atoms. The van der Waals surface area contributed by atoms with E-state index in [2.05, 4.69) is 37.2 Å². The molecule has 3 aliphatic heterocycles. The van der Waals surface area contributed by atoms with Crippen LogP contribution in [0.3, 0.4) is 0 Å². The van der Waals surface area contributed by atoms with Crippen LogP contribution in [0.4, 0.5) is 33.2 Å². The molecule has 2 atom stereocenters. The lowest BCUT2D eigenvalue weighted by Crippen LogP contribution is -2.49. The summed E-state index contributed by atoms with van der Waals surface area (Å²) in [6.07, 6.45) is 9.56. The van der Waals surface area contributed by atoms with Crippen molar-refractivity contribution in [2.75, 3.05) is 67.3 Å². The number of methoxy groups -OCH3 is 1. The molecule has 2 aromatic carbocycles. The molecule has 3 amide bonds. The van der Waals surface area contributed by atoms with Crippen LogP contribution in [0.15, 0.2) is 42.6 Å². The maximum absolute atomic E-state index is 15.4. The van der Waals surface area contributed by atoms with Crippen molar-refractivity contribution in [1.29, 1.82) is 0 Å². The predicted octanol–water partition coefficient (Wildman–Crippen LogP) is 5.63. The van der Waals surface area contributed by atoms with Gasteiger partial charge in [-0.15, -0.1) is 10.2 Å². The smallest absolute Gasteiger partial charge is 0.257 e. The third kappa shape index (κ3) is 7.44. The summed E-state index contributed by atoms with van der Waals surface area (Å²) in [6.45, 7) is 6.70. The van der Waals surface area contributed by atoms with Crippen molar-refractivity contribution in [1.82, 2.24) is 34.5 Å². The van der Waals surface area contributed by atoms with Crippen LogP contribution in [0.1, 0.15) is 86.3 Å². The van der Waals surface area contributed by atoms with Crippen molar-refractivity contribution in [3.05, 3.63) is 65.6 Å². The molecule has 3 fully saturated rings. The number of rotatable bonds is 10. The van der Waals surface area contributed by atoms with Crippen LogP contribution in [0.5, 0.6) is 5.75 Å². The fraction of sp³-hybridized carbons (Fsp3) is 0.488. The third-order valence-corrected chi connectivity index (χ3v) is 11.9. The van der Waals surface area contributed by atoms with Gasteiger partial charge in [-0.05, 0) is 68.9 Å². The van der Waals surface area contributed by atoms with Crippen molar-refractivity contribution in [2.45, 2.75) is 77.3 Å². The number of ether oxygens (including phenoxy) is 1. The van der Waals surface area contributed by atoms with E-state index in [1.807, 2.05) is 24.1 Å². The number of likely N-dealkylation sites (N-methyl/N-ethyl adjacent to an activating group) is 1. The lowest BCUT2D eigenvalue weighted by atomic mass is 9.88. The van der Waals surface area contributed by atoms with Gasteiger partial charge >= 0.3 is 0 Å². The fourth-order valence-electron chi connectivity index (χ4n) is 8.74. The summed E-state index contributed by atoms with van der Waals surface area (Å²) in [6, 6.07) is 9.61. The number of imide groups is 1. The molecule has 300 valence electrons. The van der Waals surface area contributed by atoms with Crippen molar-refractivity contribution in [3.8, 4) is 11.4 Å². The van der Waals surface area contributed by atoms with Crippen LogP contribution in [-0.4, -0.2) is 105 Å². The van der Waals surface area contributed by atoms with Gasteiger partial charge in [0.2, 0.25) is 11.9 Å². The molecule has 2 saturated heterocycles. The first-order chi connectivity index (χ1) is 27.6. The molecule has 1 saturated carbocycles. The minimum Gasteiger partial charge on any atom is -0.496 e. The molecule has 1 aliphatic carbocycles. The van der Waals surface area contributed by atoms with E-state index in [4.69, 9.17) is 14.7 Å². The zero-order valence-electron chi connectivity index (χ0n) is 33.0. The topological polar surface area (TPSA) is 154 Å². The molecule has 15 nitrogen and oxygen atoms in total. The van der Waals surface area contributed by atoms with E-state index in [1.165, 1.54) is 45.2 Å². The Morgan fingerprint density at radius 2 is 1.74 bits per heavy atom. The molecule has 4 aromatic rings. The molecule has 0 radical (unpaired) electrons. The number of anilines is 5. The van der Waals surface area contributed by atoms with Gasteiger partial charge in [0.05, 0.1) is 30.6 Å². The molecule has 4 aliphatic rings. The summed E-state index contributed by atoms with van der Waals surface area (Å²) < 4.78 is 23.2. The standard InChI is InChI=1S/C41H50FN11O4/c1-5-32-38-48-47-25(2)53(38)34-23-43-41(46-37(34)52(32)24-26-9-7-6-8-10-26)45-28-11-13-29(35(22-28)57-4)39(55)51-19-17-50(18-20-51)33-15-12-27(21-30(33)42)44-31-14-16-36(54)49(3)40(31)56/h11-13,15,21-23,26,31-32,44H,5-10,14,16-20,24H2,1-4H3,(H,43,45,46)/t31?,32-/m0/s1. The summed E-state index contributed by atoms with van der Waals surface area (Å²) >= 11 is 0. The highest BCUT2D eigenvalue weighted by Crippen LogP contribution is 2.41. The predicted molar refractivity (Wildman–Crippen MR) is 214 cm³/mol. The minimum atomic E-state index is -0.587. The van der Waals surface area contributed by atoms with Gasteiger partial charge in [-0.3, -0.25) is 23.9 Å². The Morgan fingerprint density at radius 1 is 0.965 bits per heavy atom. The van der Waals surface area contributed by atoms with Crippen molar-refractivity contribution >= 4 is 46.5 Å². The van der Waals surface area contributed by atoms with Gasteiger partial charge in [0, 0.05) is 63.6 Å². The van der Waals surface area contributed by atoms with E-state index in [-0.39, 0.29) is 30.2 Å². The molecular formula is C41H50FN11O4. The van der Waals surface area contributed by atoms with Crippen LogP contribution < -0.4 is 25.2 Å². The second-order valence-electron chi connectivity index (χ2n) is 15.4. The van der Waals surface area contributed by atoms with E-state index in [1.54, 1.807) is 36.3 Å². The number of halogens is 1. The number of piperazine rings is 1. The number of aryl methyl sites for hydroxylation is 1. The second kappa shape index (κ2) is 16.0. The zero-order chi connectivity index (χ0) is 39.8. The number of amides is 3. The van der Waals surface area contributed by atoms with Crippen molar-refractivity contribution in [2.24, 2.45) is 5.92 Å². The number of piperidine rings is 1. The van der Waals surface area contributed by atoms with E-state index < -0.39 is 11.9 Å². The Hall–Kier alpha value is -5.80. The van der Waals surface area contributed by atoms with E-state index in [0.717, 1.165) is 41.0 Å². The molecule has 0 spiro atoms. The van der Waals surface area contributed by atoms with E-state index >= 15 is 4.39 Å². The zero-order valence-corrected chi connectivity index (χ0v) is 33.0. The van der Waals surface area contributed by atoms with Crippen LogP contribution in [-0.2, 0) is 9.59 Å². The van der Waals surface area contributed by atoms with Gasteiger partial charge in [-0.1, -0.05) is 26.2 Å². The number of aromatic nitrogens is 5. The van der Waals surface area contributed by atoms with Crippen LogP contribution in [0.25, 0.3) is 5.69 Å². The molecular weight excluding hydrogens is 730 g/mol. The van der Waals surface area contributed by atoms with Gasteiger partial charge in [0.15, 0.2) is 11.6 Å². The Bertz CT molecular complexity index is 2160. The number of benzene rings is 2. The number of carbonyl (C=O) groups is 3. The number of hydrogen-bond donors (Lipinski definition) is 2. The van der Waals surface area contributed by atoms with Gasteiger partial charge in [0.25, 0.3) is 11.8 Å². The van der Waals surface area contributed by atoms with Crippen LogP contribution in [0, 0.1) is 18.7 Å². The maximum Gasteiger partial charge on any atom is 0.257 e. The number of hydrogen-bond acceptors (Lipinski definition) is 12. The monoisotopic (exact) mass is 779 g/mol. The highest BCUT2D eigenvalue weighted by atomic mass is 19.1.